The number of rotatable bonds is 4. The largest absolute Gasteiger partial charge is 0.451 e. The minimum absolute atomic E-state index is 0.135. The van der Waals surface area contributed by atoms with Gasteiger partial charge in [0, 0.05) is 22.2 Å². The highest BCUT2D eigenvalue weighted by Crippen LogP contribution is 2.63. The summed E-state index contributed by atoms with van der Waals surface area (Å²) in [6, 6.07) is 57.3. The van der Waals surface area contributed by atoms with Gasteiger partial charge in [-0.15, -0.1) is 0 Å². The van der Waals surface area contributed by atoms with Crippen LogP contribution in [0.2, 0.25) is 0 Å². The van der Waals surface area contributed by atoms with Crippen molar-refractivity contribution in [1.29, 1.82) is 0 Å². The number of fused-ring (bicyclic) bond motifs is 7. The molecule has 10 rings (SSSR count). The van der Waals surface area contributed by atoms with Crippen LogP contribution in [0, 0.1) is 0 Å². The Labute approximate surface area is 300 Å². The second-order valence-electron chi connectivity index (χ2n) is 15.0. The van der Waals surface area contributed by atoms with Crippen LogP contribution in [0.25, 0.3) is 22.3 Å². The molecule has 51 heavy (non-hydrogen) atoms. The normalized spacial score (nSPS) is 15.1. The molecule has 7 aromatic rings. The summed E-state index contributed by atoms with van der Waals surface area (Å²) in [6.45, 7) is 9.37. The molecule has 0 N–H and O–H groups in total. The summed E-state index contributed by atoms with van der Waals surface area (Å²) in [7, 11) is 0. The molecule has 7 aromatic carbocycles. The molecular weight excluding hydrogens is 621 g/mol. The topological polar surface area (TPSA) is 15.7 Å². The molecule has 0 saturated heterocycles. The van der Waals surface area contributed by atoms with Gasteiger partial charge in [0.2, 0.25) is 0 Å². The van der Waals surface area contributed by atoms with Crippen LogP contribution in [0.5, 0.6) is 11.5 Å². The first-order valence-electron chi connectivity index (χ1n) is 17.9. The molecule has 0 unspecified atom stereocenters. The van der Waals surface area contributed by atoms with Gasteiger partial charge in [0.15, 0.2) is 11.5 Å². The smallest absolute Gasteiger partial charge is 0.175 e. The first-order valence-corrected chi connectivity index (χ1v) is 17.9. The molecule has 1 aliphatic carbocycles. The van der Waals surface area contributed by atoms with Gasteiger partial charge >= 0.3 is 0 Å². The average molecular weight is 659 g/mol. The zero-order chi connectivity index (χ0) is 34.5. The lowest BCUT2D eigenvalue weighted by Gasteiger charge is -2.45. The third kappa shape index (κ3) is 4.24. The number of nitrogens with zero attached hydrogens (tertiary/aromatic N) is 2. The van der Waals surface area contributed by atoms with Gasteiger partial charge in [0.1, 0.15) is 0 Å². The Morgan fingerprint density at radius 3 is 1.96 bits per heavy atom. The van der Waals surface area contributed by atoms with E-state index in [0.29, 0.717) is 0 Å². The van der Waals surface area contributed by atoms with E-state index in [1.165, 1.54) is 50.2 Å². The fourth-order valence-electron chi connectivity index (χ4n) is 8.83. The SMILES string of the molecule is CC1(C)c2ccccc2-c2ccc(N(c3cccc(-c4ccccc4)c3)c3ccc4c5c3Oc3ccccc3N5c3ccccc3C4(C)C)cc21. The van der Waals surface area contributed by atoms with E-state index >= 15 is 0 Å². The minimum atomic E-state index is -0.229. The van der Waals surface area contributed by atoms with E-state index < -0.39 is 0 Å². The standard InChI is InChI=1S/C48H38N2O/c1-47(2)37-20-9-8-19-35(37)36-26-25-34(30-40(36)47)49(33-18-14-17-32(29-33)31-15-6-5-7-16-31)43-28-27-39-45-46(43)51-44-24-13-12-23-42(44)50(45)41-22-11-10-21-38(41)48(39,3)4/h5-30H,1-4H3. The van der Waals surface area contributed by atoms with Crippen LogP contribution in [-0.4, -0.2) is 0 Å². The van der Waals surface area contributed by atoms with Gasteiger partial charge in [0.25, 0.3) is 0 Å². The molecule has 246 valence electrons. The number of anilines is 6. The fraction of sp³-hybridized carbons (Fsp3) is 0.125. The molecule has 0 spiro atoms. The predicted molar refractivity (Wildman–Crippen MR) is 211 cm³/mol. The van der Waals surface area contributed by atoms with Crippen LogP contribution in [0.4, 0.5) is 34.1 Å². The molecule has 0 atom stereocenters. The zero-order valence-corrected chi connectivity index (χ0v) is 29.3. The number of hydrogen-bond acceptors (Lipinski definition) is 3. The van der Waals surface area contributed by atoms with E-state index in [0.717, 1.165) is 39.9 Å². The molecule has 3 nitrogen and oxygen atoms in total. The molecule has 3 aliphatic rings. The maximum Gasteiger partial charge on any atom is 0.175 e. The summed E-state index contributed by atoms with van der Waals surface area (Å²) < 4.78 is 7.10. The Bertz CT molecular complexity index is 2530. The third-order valence-electron chi connectivity index (χ3n) is 11.4. The summed E-state index contributed by atoms with van der Waals surface area (Å²) in [5.74, 6) is 1.71. The van der Waals surface area contributed by atoms with E-state index in [2.05, 4.69) is 195 Å². The summed E-state index contributed by atoms with van der Waals surface area (Å²) in [6.07, 6.45) is 0. The predicted octanol–water partition coefficient (Wildman–Crippen LogP) is 13.3. The van der Waals surface area contributed by atoms with Gasteiger partial charge in [-0.25, -0.2) is 0 Å². The molecule has 0 fully saturated rings. The van der Waals surface area contributed by atoms with Crippen molar-refractivity contribution in [1.82, 2.24) is 0 Å². The van der Waals surface area contributed by atoms with Gasteiger partial charge in [0.05, 0.1) is 22.7 Å². The van der Waals surface area contributed by atoms with E-state index in [1.807, 2.05) is 0 Å². The first-order chi connectivity index (χ1) is 24.8. The van der Waals surface area contributed by atoms with Crippen molar-refractivity contribution in [3.8, 4) is 33.8 Å². The first kappa shape index (κ1) is 29.8. The molecule has 0 radical (unpaired) electrons. The Morgan fingerprint density at radius 2 is 1.12 bits per heavy atom. The van der Waals surface area contributed by atoms with Crippen molar-refractivity contribution in [2.45, 2.75) is 38.5 Å². The van der Waals surface area contributed by atoms with E-state index in [9.17, 15) is 0 Å². The van der Waals surface area contributed by atoms with Crippen LogP contribution in [0.3, 0.4) is 0 Å². The van der Waals surface area contributed by atoms with Crippen molar-refractivity contribution < 1.29 is 4.74 Å². The van der Waals surface area contributed by atoms with Crippen LogP contribution >= 0.6 is 0 Å². The fourth-order valence-corrected chi connectivity index (χ4v) is 8.83. The Kier molecular flexibility index (Phi) is 6.27. The van der Waals surface area contributed by atoms with E-state index in [-0.39, 0.29) is 10.8 Å². The second kappa shape index (κ2) is 10.7. The monoisotopic (exact) mass is 658 g/mol. The molecular formula is C48H38N2O. The lowest BCUT2D eigenvalue weighted by atomic mass is 9.73. The number of benzene rings is 7. The van der Waals surface area contributed by atoms with Gasteiger partial charge < -0.3 is 14.5 Å². The van der Waals surface area contributed by atoms with Crippen LogP contribution in [0.1, 0.15) is 49.9 Å². The number of ether oxygens (including phenoxy) is 1. The molecule has 0 saturated carbocycles. The van der Waals surface area contributed by atoms with Crippen molar-refractivity contribution in [3.05, 3.63) is 180 Å². The Balaban J connectivity index is 1.24. The lowest BCUT2D eigenvalue weighted by Crippen LogP contribution is -2.32. The van der Waals surface area contributed by atoms with Gasteiger partial charge in [-0.3, -0.25) is 0 Å². The lowest BCUT2D eigenvalue weighted by molar-refractivity contribution is 0.472. The van der Waals surface area contributed by atoms with Crippen molar-refractivity contribution >= 4 is 34.1 Å². The highest BCUT2D eigenvalue weighted by molar-refractivity contribution is 5.98. The number of para-hydroxylation sites is 3. The molecule has 3 heteroatoms. The van der Waals surface area contributed by atoms with Gasteiger partial charge in [-0.05, 0) is 93.0 Å². The summed E-state index contributed by atoms with van der Waals surface area (Å²) in [5.41, 5.74) is 16.4. The van der Waals surface area contributed by atoms with Gasteiger partial charge in [-0.2, -0.15) is 0 Å². The Morgan fingerprint density at radius 1 is 0.471 bits per heavy atom. The molecule has 0 aromatic heterocycles. The summed E-state index contributed by atoms with van der Waals surface area (Å²) in [4.78, 5) is 4.83. The maximum absolute atomic E-state index is 7.10. The minimum Gasteiger partial charge on any atom is -0.451 e. The van der Waals surface area contributed by atoms with Crippen molar-refractivity contribution in [2.24, 2.45) is 0 Å². The highest BCUT2D eigenvalue weighted by atomic mass is 16.5. The third-order valence-corrected chi connectivity index (χ3v) is 11.4. The quantitative estimate of drug-likeness (QED) is 0.187. The summed E-state index contributed by atoms with van der Waals surface area (Å²) in [5, 5.41) is 0. The van der Waals surface area contributed by atoms with E-state index in [4.69, 9.17) is 4.74 Å². The van der Waals surface area contributed by atoms with Crippen molar-refractivity contribution in [2.75, 3.05) is 9.80 Å². The van der Waals surface area contributed by atoms with Gasteiger partial charge in [-0.1, -0.05) is 137 Å². The summed E-state index contributed by atoms with van der Waals surface area (Å²) >= 11 is 0. The molecule has 2 heterocycles. The molecule has 0 bridgehead atoms. The second-order valence-corrected chi connectivity index (χ2v) is 15.0. The molecule has 0 amide bonds. The van der Waals surface area contributed by atoms with Crippen LogP contribution < -0.4 is 14.5 Å². The molecule has 2 aliphatic heterocycles. The highest BCUT2D eigenvalue weighted by Gasteiger charge is 2.43. The van der Waals surface area contributed by atoms with E-state index in [1.54, 1.807) is 0 Å². The Hall–Kier alpha value is -6.06. The average Bonchev–Trinajstić information content (AvgIpc) is 3.39. The number of hydrogen-bond donors (Lipinski definition) is 0. The van der Waals surface area contributed by atoms with Crippen LogP contribution in [0.15, 0.2) is 158 Å². The van der Waals surface area contributed by atoms with Crippen molar-refractivity contribution in [3.63, 3.8) is 0 Å². The van der Waals surface area contributed by atoms with Crippen LogP contribution in [-0.2, 0) is 10.8 Å². The zero-order valence-electron chi connectivity index (χ0n) is 29.3. The maximum atomic E-state index is 7.10.